The van der Waals surface area contributed by atoms with Crippen molar-refractivity contribution in [2.24, 2.45) is 4.99 Å². The van der Waals surface area contributed by atoms with E-state index in [0.29, 0.717) is 18.9 Å². The molecule has 2 N–H and O–H groups in total. The monoisotopic (exact) mass is 484 g/mol. The number of fused-ring (bicyclic) bond motifs is 1. The van der Waals surface area contributed by atoms with Crippen molar-refractivity contribution in [1.82, 2.24) is 25.2 Å². The molecule has 2 unspecified atom stereocenters. The van der Waals surface area contributed by atoms with Gasteiger partial charge in [-0.05, 0) is 30.7 Å². The lowest BCUT2D eigenvalue weighted by Gasteiger charge is -2.11. The molecule has 2 heterocycles. The maximum Gasteiger partial charge on any atom is 0.191 e. The zero-order valence-corrected chi connectivity index (χ0v) is 16.9. The Bertz CT molecular complexity index is 953. The largest absolute Gasteiger partial charge is 0.353 e. The van der Waals surface area contributed by atoms with E-state index >= 15 is 0 Å². The molecule has 0 bridgehead atoms. The van der Waals surface area contributed by atoms with Crippen molar-refractivity contribution >= 4 is 35.6 Å². The molecule has 1 aromatic carbocycles. The van der Waals surface area contributed by atoms with Gasteiger partial charge in [-0.1, -0.05) is 12.1 Å². The van der Waals surface area contributed by atoms with Crippen LogP contribution in [0, 0.1) is 11.6 Å². The standard InChI is InChI=1S/C18H18F2N6.HI/c1-21-18(22-10-16-25-24-15-7-2-3-8-26(15)16)23-14-9-11(14)17-12(19)5-4-6-13(17)20;/h2-8,11,14H,9-10H2,1H3,(H2,21,22,23);1H. The van der Waals surface area contributed by atoms with Gasteiger partial charge in [-0.25, -0.2) is 8.78 Å². The van der Waals surface area contributed by atoms with Crippen LogP contribution in [0.1, 0.15) is 23.7 Å². The molecule has 1 aliphatic rings. The van der Waals surface area contributed by atoms with E-state index < -0.39 is 11.6 Å². The molecular formula is C18H19F2IN6. The zero-order valence-electron chi connectivity index (χ0n) is 14.6. The second-order valence-corrected chi connectivity index (χ2v) is 6.20. The molecule has 0 spiro atoms. The summed E-state index contributed by atoms with van der Waals surface area (Å²) in [4.78, 5) is 4.17. The molecule has 3 aromatic rings. The molecule has 6 nitrogen and oxygen atoms in total. The van der Waals surface area contributed by atoms with E-state index in [4.69, 9.17) is 0 Å². The number of benzene rings is 1. The Balaban J connectivity index is 0.00000210. The number of nitrogens with zero attached hydrogens (tertiary/aromatic N) is 4. The summed E-state index contributed by atoms with van der Waals surface area (Å²) in [6.07, 6.45) is 2.55. The molecule has 0 saturated heterocycles. The Morgan fingerprint density at radius 2 is 1.96 bits per heavy atom. The molecule has 1 saturated carbocycles. The first-order valence-electron chi connectivity index (χ1n) is 8.37. The third-order valence-electron chi connectivity index (χ3n) is 4.50. The van der Waals surface area contributed by atoms with Gasteiger partial charge in [0.1, 0.15) is 11.6 Å². The van der Waals surface area contributed by atoms with Gasteiger partial charge in [0.2, 0.25) is 0 Å². The highest BCUT2D eigenvalue weighted by molar-refractivity contribution is 14.0. The van der Waals surface area contributed by atoms with Gasteiger partial charge in [0.15, 0.2) is 17.4 Å². The molecule has 142 valence electrons. The lowest BCUT2D eigenvalue weighted by Crippen LogP contribution is -2.39. The average Bonchev–Trinajstić information content (AvgIpc) is 3.26. The molecule has 27 heavy (non-hydrogen) atoms. The topological polar surface area (TPSA) is 66.6 Å². The van der Waals surface area contributed by atoms with Crippen molar-refractivity contribution in [3.63, 3.8) is 0 Å². The van der Waals surface area contributed by atoms with Crippen molar-refractivity contribution in [2.75, 3.05) is 7.05 Å². The highest BCUT2D eigenvalue weighted by atomic mass is 127. The van der Waals surface area contributed by atoms with Crippen LogP contribution in [0.2, 0.25) is 0 Å². The minimum atomic E-state index is -0.503. The maximum absolute atomic E-state index is 13.9. The Morgan fingerprint density at radius 3 is 2.70 bits per heavy atom. The van der Waals surface area contributed by atoms with Gasteiger partial charge in [0.05, 0.1) is 6.54 Å². The SMILES string of the molecule is CN=C(NCc1nnc2ccccn12)NC1CC1c1c(F)cccc1F.I. The van der Waals surface area contributed by atoms with Crippen molar-refractivity contribution in [3.8, 4) is 0 Å². The first kappa shape index (κ1) is 19.5. The van der Waals surface area contributed by atoms with E-state index in [1.807, 2.05) is 28.8 Å². The summed E-state index contributed by atoms with van der Waals surface area (Å²) in [5.74, 6) is 0.107. The van der Waals surface area contributed by atoms with Crippen LogP contribution in [0.15, 0.2) is 47.6 Å². The number of guanidine groups is 1. The van der Waals surface area contributed by atoms with Gasteiger partial charge in [-0.15, -0.1) is 34.2 Å². The van der Waals surface area contributed by atoms with E-state index in [1.165, 1.54) is 18.2 Å². The third-order valence-corrected chi connectivity index (χ3v) is 4.50. The van der Waals surface area contributed by atoms with Gasteiger partial charge in [-0.3, -0.25) is 9.39 Å². The Morgan fingerprint density at radius 1 is 1.19 bits per heavy atom. The second-order valence-electron chi connectivity index (χ2n) is 6.20. The van der Waals surface area contributed by atoms with Crippen LogP contribution in [0.25, 0.3) is 5.65 Å². The zero-order chi connectivity index (χ0) is 18.1. The summed E-state index contributed by atoms with van der Waals surface area (Å²) in [6.45, 7) is 0.427. The quantitative estimate of drug-likeness (QED) is 0.340. The molecule has 0 radical (unpaired) electrons. The fraction of sp³-hybridized carbons (Fsp3) is 0.278. The van der Waals surface area contributed by atoms with Crippen LogP contribution < -0.4 is 10.6 Å². The van der Waals surface area contributed by atoms with E-state index in [9.17, 15) is 8.78 Å². The molecule has 1 aliphatic carbocycles. The van der Waals surface area contributed by atoms with Gasteiger partial charge < -0.3 is 10.6 Å². The summed E-state index contributed by atoms with van der Waals surface area (Å²) < 4.78 is 29.7. The predicted molar refractivity (Wildman–Crippen MR) is 109 cm³/mol. The lowest BCUT2D eigenvalue weighted by molar-refractivity contribution is 0.553. The smallest absolute Gasteiger partial charge is 0.191 e. The molecule has 1 fully saturated rings. The number of halogens is 3. The summed E-state index contributed by atoms with van der Waals surface area (Å²) in [6, 6.07) is 9.59. The van der Waals surface area contributed by atoms with Crippen LogP contribution >= 0.6 is 24.0 Å². The molecule has 9 heteroatoms. The lowest BCUT2D eigenvalue weighted by atomic mass is 10.1. The van der Waals surface area contributed by atoms with Crippen LogP contribution in [0.4, 0.5) is 8.78 Å². The minimum Gasteiger partial charge on any atom is -0.353 e. The third kappa shape index (κ3) is 4.02. The Hall–Kier alpha value is -2.30. The highest BCUT2D eigenvalue weighted by Gasteiger charge is 2.42. The first-order valence-corrected chi connectivity index (χ1v) is 8.37. The summed E-state index contributed by atoms with van der Waals surface area (Å²) in [5.41, 5.74) is 0.911. The van der Waals surface area contributed by atoms with E-state index in [1.54, 1.807) is 7.05 Å². The maximum atomic E-state index is 13.9. The van der Waals surface area contributed by atoms with Crippen molar-refractivity contribution < 1.29 is 8.78 Å². The van der Waals surface area contributed by atoms with Crippen molar-refractivity contribution in [2.45, 2.75) is 24.9 Å². The number of hydrogen-bond acceptors (Lipinski definition) is 3. The number of aliphatic imine (C=N–C) groups is 1. The summed E-state index contributed by atoms with van der Waals surface area (Å²) in [7, 11) is 1.65. The molecular weight excluding hydrogens is 465 g/mol. The van der Waals surface area contributed by atoms with Crippen molar-refractivity contribution in [3.05, 3.63) is 65.6 Å². The number of rotatable bonds is 4. The van der Waals surface area contributed by atoms with Gasteiger partial charge >= 0.3 is 0 Å². The van der Waals surface area contributed by atoms with Crippen LogP contribution in [-0.4, -0.2) is 33.6 Å². The molecule has 0 amide bonds. The first-order chi connectivity index (χ1) is 12.7. The number of aromatic nitrogens is 3. The Kier molecular flexibility index (Phi) is 5.88. The molecule has 4 rings (SSSR count). The van der Waals surface area contributed by atoms with Crippen molar-refractivity contribution in [1.29, 1.82) is 0 Å². The number of pyridine rings is 1. The molecule has 2 aromatic heterocycles. The van der Waals surface area contributed by atoms with Gasteiger partial charge in [-0.2, -0.15) is 0 Å². The van der Waals surface area contributed by atoms with Crippen LogP contribution in [0.5, 0.6) is 0 Å². The summed E-state index contributed by atoms with van der Waals surface area (Å²) >= 11 is 0. The number of hydrogen-bond donors (Lipinski definition) is 2. The van der Waals surface area contributed by atoms with Gasteiger partial charge in [0, 0.05) is 30.8 Å². The van der Waals surface area contributed by atoms with E-state index in [0.717, 1.165) is 11.5 Å². The second kappa shape index (κ2) is 8.15. The number of nitrogens with one attached hydrogen (secondary N) is 2. The Labute approximate surface area is 172 Å². The average molecular weight is 484 g/mol. The van der Waals surface area contributed by atoms with E-state index in [2.05, 4.69) is 25.8 Å². The van der Waals surface area contributed by atoms with Gasteiger partial charge in [0.25, 0.3) is 0 Å². The fourth-order valence-corrected chi connectivity index (χ4v) is 3.08. The predicted octanol–water partition coefficient (Wildman–Crippen LogP) is 2.85. The highest BCUT2D eigenvalue weighted by Crippen LogP contribution is 2.43. The molecule has 2 atom stereocenters. The van der Waals surface area contributed by atoms with Crippen LogP contribution in [0.3, 0.4) is 0 Å². The van der Waals surface area contributed by atoms with E-state index in [-0.39, 0.29) is 41.5 Å². The minimum absolute atomic E-state index is 0. The molecule has 0 aliphatic heterocycles. The summed E-state index contributed by atoms with van der Waals surface area (Å²) in [5, 5.41) is 14.6. The normalized spacial score (nSPS) is 18.9. The van der Waals surface area contributed by atoms with Crippen LogP contribution in [-0.2, 0) is 6.54 Å². The fourth-order valence-electron chi connectivity index (χ4n) is 3.08.